The Hall–Kier alpha value is -8.41. The van der Waals surface area contributed by atoms with Crippen LogP contribution >= 0.6 is 0 Å². The number of benzene rings is 8. The van der Waals surface area contributed by atoms with Gasteiger partial charge in [-0.05, 0) is 112 Å². The van der Waals surface area contributed by atoms with Gasteiger partial charge in [0.1, 0.15) is 22.3 Å². The molecule has 0 unspecified atom stereocenters. The zero-order valence-electron chi connectivity index (χ0n) is 33.4. The van der Waals surface area contributed by atoms with E-state index in [1.165, 1.54) is 0 Å². The van der Waals surface area contributed by atoms with E-state index in [-0.39, 0.29) is 0 Å². The summed E-state index contributed by atoms with van der Waals surface area (Å²) in [4.78, 5) is 15.3. The van der Waals surface area contributed by atoms with Crippen LogP contribution in [0.1, 0.15) is 0 Å². The van der Waals surface area contributed by atoms with E-state index in [4.69, 9.17) is 18.8 Å². The predicted molar refractivity (Wildman–Crippen MR) is 252 cm³/mol. The maximum atomic E-state index is 6.25. The van der Waals surface area contributed by atoms with Crippen LogP contribution in [-0.2, 0) is 0 Å². The van der Waals surface area contributed by atoms with Gasteiger partial charge in [0.2, 0.25) is 0 Å². The van der Waals surface area contributed by atoms with Crippen molar-refractivity contribution >= 4 is 43.9 Å². The molecule has 12 aromatic rings. The highest BCUT2D eigenvalue weighted by Gasteiger charge is 2.18. The largest absolute Gasteiger partial charge is 0.456 e. The molecule has 0 saturated carbocycles. The predicted octanol–water partition coefficient (Wildman–Crippen LogP) is 15.3. The number of hydrogen-bond acceptors (Lipinski definition) is 5. The van der Waals surface area contributed by atoms with E-state index in [1.807, 2.05) is 42.6 Å². The van der Waals surface area contributed by atoms with Crippen molar-refractivity contribution in [2.24, 2.45) is 0 Å². The Morgan fingerprint density at radius 2 is 0.806 bits per heavy atom. The Morgan fingerprint density at radius 3 is 1.48 bits per heavy atom. The van der Waals surface area contributed by atoms with Crippen LogP contribution in [0.2, 0.25) is 0 Å². The number of para-hydroxylation sites is 2. The molecule has 0 radical (unpaired) electrons. The van der Waals surface area contributed by atoms with Gasteiger partial charge < -0.3 is 8.83 Å². The second-order valence-corrected chi connectivity index (χ2v) is 15.6. The van der Waals surface area contributed by atoms with Gasteiger partial charge in [-0.3, -0.25) is 4.98 Å². The minimum atomic E-state index is 0.622. The maximum absolute atomic E-state index is 6.25. The second kappa shape index (κ2) is 14.7. The molecule has 0 fully saturated rings. The summed E-state index contributed by atoms with van der Waals surface area (Å²) >= 11 is 0. The summed E-state index contributed by atoms with van der Waals surface area (Å²) < 4.78 is 12.5. The van der Waals surface area contributed by atoms with Crippen LogP contribution in [-0.4, -0.2) is 15.0 Å². The summed E-state index contributed by atoms with van der Waals surface area (Å²) in [5.41, 5.74) is 16.5. The van der Waals surface area contributed by atoms with Gasteiger partial charge in [-0.15, -0.1) is 0 Å². The van der Waals surface area contributed by atoms with Gasteiger partial charge in [0.25, 0.3) is 0 Å². The van der Waals surface area contributed by atoms with Crippen molar-refractivity contribution in [3.05, 3.63) is 213 Å². The van der Waals surface area contributed by atoms with Gasteiger partial charge in [0.05, 0.1) is 11.4 Å². The zero-order chi connectivity index (χ0) is 41.0. The summed E-state index contributed by atoms with van der Waals surface area (Å²) in [6.07, 6.45) is 3.71. The van der Waals surface area contributed by atoms with Crippen LogP contribution in [0.3, 0.4) is 0 Å². The Balaban J connectivity index is 1.10. The molecule has 0 aliphatic carbocycles. The van der Waals surface area contributed by atoms with Gasteiger partial charge in [-0.1, -0.05) is 127 Å². The number of pyridine rings is 1. The van der Waals surface area contributed by atoms with Gasteiger partial charge in [0, 0.05) is 56.2 Å². The molecular formula is C57H35N3O2. The molecule has 0 saturated heterocycles. The highest BCUT2D eigenvalue weighted by Crippen LogP contribution is 2.40. The van der Waals surface area contributed by atoms with Crippen LogP contribution in [0.15, 0.2) is 221 Å². The molecule has 4 heterocycles. The number of hydrogen-bond donors (Lipinski definition) is 0. The highest BCUT2D eigenvalue weighted by atomic mass is 16.3. The Bertz CT molecular complexity index is 3510. The minimum Gasteiger partial charge on any atom is -0.456 e. The summed E-state index contributed by atoms with van der Waals surface area (Å²) in [6, 6.07) is 69.7. The Labute approximate surface area is 357 Å². The molecule has 0 amide bonds. The molecular weight excluding hydrogens is 759 g/mol. The van der Waals surface area contributed by atoms with Crippen molar-refractivity contribution in [1.82, 2.24) is 15.0 Å². The summed E-state index contributed by atoms with van der Waals surface area (Å²) in [5.74, 6) is 0.622. The summed E-state index contributed by atoms with van der Waals surface area (Å²) in [5, 5.41) is 4.32. The van der Waals surface area contributed by atoms with E-state index in [0.717, 1.165) is 116 Å². The molecule has 0 N–H and O–H groups in total. The lowest BCUT2D eigenvalue weighted by Crippen LogP contribution is -1.98. The van der Waals surface area contributed by atoms with Gasteiger partial charge >= 0.3 is 0 Å². The molecule has 0 bridgehead atoms. The summed E-state index contributed by atoms with van der Waals surface area (Å²) in [7, 11) is 0. The molecule has 4 aromatic heterocycles. The number of fused-ring (bicyclic) bond motifs is 6. The maximum Gasteiger partial charge on any atom is 0.160 e. The molecule has 8 aromatic carbocycles. The van der Waals surface area contributed by atoms with E-state index < -0.39 is 0 Å². The fourth-order valence-electron chi connectivity index (χ4n) is 8.73. The van der Waals surface area contributed by atoms with Crippen molar-refractivity contribution in [2.45, 2.75) is 0 Å². The molecule has 0 aliphatic rings. The molecule has 0 aliphatic heterocycles. The molecule has 5 nitrogen and oxygen atoms in total. The van der Waals surface area contributed by atoms with Gasteiger partial charge in [-0.2, -0.15) is 0 Å². The van der Waals surface area contributed by atoms with E-state index >= 15 is 0 Å². The van der Waals surface area contributed by atoms with Crippen molar-refractivity contribution < 1.29 is 8.83 Å². The normalized spacial score (nSPS) is 11.5. The van der Waals surface area contributed by atoms with Crippen LogP contribution < -0.4 is 0 Å². The lowest BCUT2D eigenvalue weighted by atomic mass is 9.94. The SMILES string of the molecule is c1ccc(-c2cccc(-c3cc(-c4ccccc4-c4cccnc4)nc(-c4cc(-c5ccc6oc7ccccc7c6c5)cc(-c5ccc6oc7ccccc7c6c5)c4)n3)c2)cc1. The van der Waals surface area contributed by atoms with Crippen molar-refractivity contribution in [1.29, 1.82) is 0 Å². The van der Waals surface area contributed by atoms with E-state index in [1.54, 1.807) is 6.20 Å². The highest BCUT2D eigenvalue weighted by molar-refractivity contribution is 6.08. The lowest BCUT2D eigenvalue weighted by molar-refractivity contribution is 0.668. The topological polar surface area (TPSA) is 65.0 Å². The smallest absolute Gasteiger partial charge is 0.160 e. The van der Waals surface area contributed by atoms with E-state index in [2.05, 4.69) is 169 Å². The van der Waals surface area contributed by atoms with Crippen molar-refractivity contribution in [3.8, 4) is 78.4 Å². The van der Waals surface area contributed by atoms with Crippen LogP contribution in [0.5, 0.6) is 0 Å². The third-order valence-electron chi connectivity index (χ3n) is 11.8. The van der Waals surface area contributed by atoms with Crippen LogP contribution in [0, 0.1) is 0 Å². The molecule has 5 heteroatoms. The average Bonchev–Trinajstić information content (AvgIpc) is 3.92. The first kappa shape index (κ1) is 35.5. The van der Waals surface area contributed by atoms with Gasteiger partial charge in [0.15, 0.2) is 5.82 Å². The quantitative estimate of drug-likeness (QED) is 0.161. The fourth-order valence-corrected chi connectivity index (χ4v) is 8.73. The van der Waals surface area contributed by atoms with Crippen LogP contribution in [0.25, 0.3) is 122 Å². The number of nitrogens with zero attached hydrogens (tertiary/aromatic N) is 3. The third kappa shape index (κ3) is 6.32. The molecule has 12 rings (SSSR count). The monoisotopic (exact) mass is 793 g/mol. The van der Waals surface area contributed by atoms with Crippen LogP contribution in [0.4, 0.5) is 0 Å². The zero-order valence-corrected chi connectivity index (χ0v) is 33.4. The first-order valence-electron chi connectivity index (χ1n) is 20.7. The minimum absolute atomic E-state index is 0.622. The Morgan fingerprint density at radius 1 is 0.290 bits per heavy atom. The Kier molecular flexibility index (Phi) is 8.42. The second-order valence-electron chi connectivity index (χ2n) is 15.6. The molecule has 62 heavy (non-hydrogen) atoms. The number of rotatable bonds is 7. The number of furan rings is 2. The van der Waals surface area contributed by atoms with Crippen molar-refractivity contribution in [3.63, 3.8) is 0 Å². The van der Waals surface area contributed by atoms with E-state index in [9.17, 15) is 0 Å². The fraction of sp³-hybridized carbons (Fsp3) is 0. The molecule has 290 valence electrons. The standard InChI is InChI=1S/C57H35N3O2/c1-2-12-36(13-3-1)37-14-10-15-40(28-37)51-34-52(46-18-5-4-17-45(46)41-16-11-27-58-35-41)60-57(59-51)44-30-42(38-23-25-55-49(32-38)47-19-6-8-21-53(47)61-55)29-43(31-44)39-24-26-56-50(33-39)48-20-7-9-22-54(48)62-56/h1-35H. The van der Waals surface area contributed by atoms with E-state index in [0.29, 0.717) is 5.82 Å². The lowest BCUT2D eigenvalue weighted by Gasteiger charge is -2.15. The summed E-state index contributed by atoms with van der Waals surface area (Å²) in [6.45, 7) is 0. The third-order valence-corrected chi connectivity index (χ3v) is 11.8. The average molecular weight is 794 g/mol. The number of aromatic nitrogens is 3. The first-order valence-corrected chi connectivity index (χ1v) is 20.7. The van der Waals surface area contributed by atoms with Gasteiger partial charge in [-0.25, -0.2) is 9.97 Å². The first-order chi connectivity index (χ1) is 30.7. The molecule has 0 spiro atoms. The molecule has 0 atom stereocenters. The van der Waals surface area contributed by atoms with Crippen molar-refractivity contribution in [2.75, 3.05) is 0 Å².